The summed E-state index contributed by atoms with van der Waals surface area (Å²) in [7, 11) is 0. The number of carbonyl (C=O) groups excluding carboxylic acids is 1. The molecule has 3 heterocycles. The summed E-state index contributed by atoms with van der Waals surface area (Å²) < 4.78 is 1.34. The molecule has 0 bridgehead atoms. The molecule has 0 radical (unpaired) electrons. The van der Waals surface area contributed by atoms with Gasteiger partial charge < -0.3 is 10.0 Å². The Balaban J connectivity index is 1.77. The molecule has 2 aliphatic rings. The highest BCUT2D eigenvalue weighted by atomic mass is 16.4. The van der Waals surface area contributed by atoms with Gasteiger partial charge in [0.15, 0.2) is 0 Å². The number of carboxylic acids is 1. The number of aryl methyl sites for hydroxylation is 1. The molecule has 0 aromatic carbocycles. The molecule has 0 spiro atoms. The minimum atomic E-state index is -1.00. The van der Waals surface area contributed by atoms with Gasteiger partial charge in [0.2, 0.25) is 0 Å². The summed E-state index contributed by atoms with van der Waals surface area (Å²) in [5.74, 6) is -1.32. The minimum absolute atomic E-state index is 0.0659. The zero-order valence-corrected chi connectivity index (χ0v) is 14.6. The van der Waals surface area contributed by atoms with Crippen LogP contribution in [0.5, 0.6) is 0 Å². The second-order valence-corrected chi connectivity index (χ2v) is 7.32. The van der Waals surface area contributed by atoms with Crippen LogP contribution in [-0.2, 0) is 4.79 Å². The smallest absolute Gasteiger partial charge is 0.326 e. The molecule has 1 saturated carbocycles. The first-order valence-corrected chi connectivity index (χ1v) is 9.01. The molecule has 2 aromatic heterocycles. The van der Waals surface area contributed by atoms with Crippen molar-refractivity contribution >= 4 is 17.5 Å². The molecule has 1 aliphatic carbocycles. The van der Waals surface area contributed by atoms with Crippen molar-refractivity contribution in [2.75, 3.05) is 0 Å². The average molecular weight is 355 g/mol. The molecule has 1 N–H and O–H groups in total. The lowest BCUT2D eigenvalue weighted by atomic mass is 9.84. The predicted octanol–water partition coefficient (Wildman–Crippen LogP) is 1.86. The van der Waals surface area contributed by atoms with E-state index in [4.69, 9.17) is 0 Å². The number of rotatable bonds is 2. The standard InChI is InChI=1S/C19H21N3O4/c1-11-6-7-21-16(8-11)20-10-13(17(21)23)18(24)22-14-5-3-2-4-12(14)9-15(22)19(25)26/h6-8,10,12,14-15H,2-5,9H2,1H3,(H,25,26). The molecular formula is C19H21N3O4. The van der Waals surface area contributed by atoms with E-state index >= 15 is 0 Å². The molecule has 2 fully saturated rings. The monoisotopic (exact) mass is 355 g/mol. The fourth-order valence-electron chi connectivity index (χ4n) is 4.44. The normalized spacial score (nSPS) is 25.3. The van der Waals surface area contributed by atoms with Crippen LogP contribution in [0.4, 0.5) is 0 Å². The lowest BCUT2D eigenvalue weighted by Gasteiger charge is -2.32. The van der Waals surface area contributed by atoms with E-state index in [1.54, 1.807) is 18.3 Å². The van der Waals surface area contributed by atoms with Gasteiger partial charge >= 0.3 is 5.97 Å². The van der Waals surface area contributed by atoms with Crippen LogP contribution in [0.15, 0.2) is 29.3 Å². The lowest BCUT2D eigenvalue weighted by molar-refractivity contribution is -0.141. The van der Waals surface area contributed by atoms with E-state index < -0.39 is 23.5 Å². The summed E-state index contributed by atoms with van der Waals surface area (Å²) >= 11 is 0. The first-order chi connectivity index (χ1) is 12.5. The van der Waals surface area contributed by atoms with E-state index in [1.807, 2.05) is 6.92 Å². The topological polar surface area (TPSA) is 92.0 Å². The van der Waals surface area contributed by atoms with Gasteiger partial charge in [0.05, 0.1) is 0 Å². The largest absolute Gasteiger partial charge is 0.480 e. The Hall–Kier alpha value is -2.70. The maximum absolute atomic E-state index is 13.2. The Bertz CT molecular complexity index is 951. The number of likely N-dealkylation sites (tertiary alicyclic amines) is 1. The highest BCUT2D eigenvalue weighted by molar-refractivity contribution is 5.97. The Morgan fingerprint density at radius 2 is 2.04 bits per heavy atom. The minimum Gasteiger partial charge on any atom is -0.480 e. The van der Waals surface area contributed by atoms with Crippen molar-refractivity contribution < 1.29 is 14.7 Å². The number of aliphatic carboxylic acids is 1. The van der Waals surface area contributed by atoms with Gasteiger partial charge in [-0.05, 0) is 49.8 Å². The summed E-state index contributed by atoms with van der Waals surface area (Å²) in [4.78, 5) is 43.4. The number of amides is 1. The van der Waals surface area contributed by atoms with Crippen molar-refractivity contribution in [3.63, 3.8) is 0 Å². The van der Waals surface area contributed by atoms with Gasteiger partial charge in [-0.15, -0.1) is 0 Å². The number of carboxylic acid groups (broad SMARTS) is 1. The number of aromatic nitrogens is 2. The second-order valence-electron chi connectivity index (χ2n) is 7.32. The van der Waals surface area contributed by atoms with Crippen LogP contribution >= 0.6 is 0 Å². The van der Waals surface area contributed by atoms with Crippen LogP contribution in [0, 0.1) is 12.8 Å². The van der Waals surface area contributed by atoms with Crippen LogP contribution in [0.1, 0.15) is 48.0 Å². The highest BCUT2D eigenvalue weighted by Crippen LogP contribution is 2.40. The maximum atomic E-state index is 13.2. The third-order valence-corrected chi connectivity index (χ3v) is 5.70. The first kappa shape index (κ1) is 16.8. The molecule has 1 saturated heterocycles. The van der Waals surface area contributed by atoms with Gasteiger partial charge in [-0.1, -0.05) is 12.8 Å². The fourth-order valence-corrected chi connectivity index (χ4v) is 4.44. The number of hydrogen-bond donors (Lipinski definition) is 1. The quantitative estimate of drug-likeness (QED) is 0.888. The Labute approximate surface area is 150 Å². The van der Waals surface area contributed by atoms with E-state index in [0.717, 1.165) is 31.2 Å². The van der Waals surface area contributed by atoms with Gasteiger partial charge in [-0.2, -0.15) is 0 Å². The highest BCUT2D eigenvalue weighted by Gasteiger charge is 2.48. The van der Waals surface area contributed by atoms with Crippen LogP contribution in [-0.4, -0.2) is 43.4 Å². The summed E-state index contributed by atoms with van der Waals surface area (Å²) in [6, 6.07) is 2.57. The van der Waals surface area contributed by atoms with Crippen LogP contribution in [0.25, 0.3) is 5.65 Å². The third-order valence-electron chi connectivity index (χ3n) is 5.70. The number of fused-ring (bicyclic) bond motifs is 2. The molecule has 136 valence electrons. The predicted molar refractivity (Wildman–Crippen MR) is 94.2 cm³/mol. The number of carbonyl (C=O) groups is 2. The van der Waals surface area contributed by atoms with E-state index in [1.165, 1.54) is 15.5 Å². The van der Waals surface area contributed by atoms with Crippen molar-refractivity contribution in [1.82, 2.24) is 14.3 Å². The SMILES string of the molecule is Cc1ccn2c(=O)c(C(=O)N3C(C(=O)O)CC4CCCCC43)cnc2c1. The summed E-state index contributed by atoms with van der Waals surface area (Å²) in [6.07, 6.45) is 7.12. The van der Waals surface area contributed by atoms with Gasteiger partial charge in [0.25, 0.3) is 11.5 Å². The molecule has 26 heavy (non-hydrogen) atoms. The van der Waals surface area contributed by atoms with Gasteiger partial charge in [0, 0.05) is 18.4 Å². The van der Waals surface area contributed by atoms with E-state index in [9.17, 15) is 19.5 Å². The van der Waals surface area contributed by atoms with Crippen LogP contribution in [0.3, 0.4) is 0 Å². The zero-order chi connectivity index (χ0) is 18.4. The Morgan fingerprint density at radius 3 is 2.81 bits per heavy atom. The van der Waals surface area contributed by atoms with Crippen LogP contribution < -0.4 is 5.56 Å². The fraction of sp³-hybridized carbons (Fsp3) is 0.474. The molecular weight excluding hydrogens is 334 g/mol. The number of hydrogen-bond acceptors (Lipinski definition) is 4. The van der Waals surface area contributed by atoms with E-state index in [2.05, 4.69) is 4.98 Å². The Kier molecular flexibility index (Phi) is 4.01. The van der Waals surface area contributed by atoms with Crippen molar-refractivity contribution in [2.45, 2.75) is 51.1 Å². The molecule has 3 atom stereocenters. The second kappa shape index (κ2) is 6.23. The third kappa shape index (κ3) is 2.58. The molecule has 7 nitrogen and oxygen atoms in total. The summed E-state index contributed by atoms with van der Waals surface area (Å²) in [6.45, 7) is 1.90. The molecule has 3 unspecified atom stereocenters. The van der Waals surface area contributed by atoms with Crippen molar-refractivity contribution in [3.05, 3.63) is 46.0 Å². The summed E-state index contributed by atoms with van der Waals surface area (Å²) in [5.41, 5.74) is 0.914. The first-order valence-electron chi connectivity index (χ1n) is 9.01. The van der Waals surface area contributed by atoms with E-state index in [-0.39, 0.29) is 17.5 Å². The van der Waals surface area contributed by atoms with Gasteiger partial charge in [0.1, 0.15) is 17.3 Å². The maximum Gasteiger partial charge on any atom is 0.326 e. The van der Waals surface area contributed by atoms with Gasteiger partial charge in [-0.3, -0.25) is 14.0 Å². The van der Waals surface area contributed by atoms with E-state index in [0.29, 0.717) is 12.1 Å². The van der Waals surface area contributed by atoms with Crippen molar-refractivity contribution in [2.24, 2.45) is 5.92 Å². The lowest BCUT2D eigenvalue weighted by Crippen LogP contribution is -2.47. The molecule has 1 amide bonds. The molecule has 2 aromatic rings. The van der Waals surface area contributed by atoms with Crippen molar-refractivity contribution in [3.8, 4) is 0 Å². The van der Waals surface area contributed by atoms with Crippen molar-refractivity contribution in [1.29, 1.82) is 0 Å². The number of nitrogens with zero attached hydrogens (tertiary/aromatic N) is 3. The van der Waals surface area contributed by atoms with Gasteiger partial charge in [-0.25, -0.2) is 9.78 Å². The van der Waals surface area contributed by atoms with Crippen LogP contribution in [0.2, 0.25) is 0 Å². The molecule has 1 aliphatic heterocycles. The number of pyridine rings is 1. The average Bonchev–Trinajstić information content (AvgIpc) is 3.01. The molecule has 4 rings (SSSR count). The zero-order valence-electron chi connectivity index (χ0n) is 14.6. The summed E-state index contributed by atoms with van der Waals surface area (Å²) in [5, 5.41) is 9.61. The Morgan fingerprint density at radius 1 is 1.27 bits per heavy atom. The molecule has 7 heteroatoms.